The number of benzene rings is 2. The van der Waals surface area contributed by atoms with Crippen LogP contribution in [0.5, 0.6) is 11.5 Å². The van der Waals surface area contributed by atoms with E-state index in [-0.39, 0.29) is 17.2 Å². The third kappa shape index (κ3) is 3.52. The third-order valence-electron chi connectivity index (χ3n) is 5.06. The zero-order valence-corrected chi connectivity index (χ0v) is 17.2. The molecule has 1 aliphatic heterocycles. The lowest BCUT2D eigenvalue weighted by Gasteiger charge is -2.23. The SMILES string of the molecule is COc1cccc(C(O)=C2C(=O)C(=O)N(c3cc(C)on3)C2c2cccc(OC)c2)c1. The maximum absolute atomic E-state index is 13.1. The second kappa shape index (κ2) is 7.98. The van der Waals surface area contributed by atoms with Crippen LogP contribution in [0.4, 0.5) is 5.82 Å². The number of rotatable bonds is 5. The number of methoxy groups -OCH3 is 2. The molecule has 2 heterocycles. The first-order chi connectivity index (χ1) is 14.9. The maximum Gasteiger partial charge on any atom is 0.301 e. The molecule has 1 N–H and O–H groups in total. The quantitative estimate of drug-likeness (QED) is 0.382. The van der Waals surface area contributed by atoms with Gasteiger partial charge in [0.1, 0.15) is 23.0 Å². The zero-order valence-electron chi connectivity index (χ0n) is 17.2. The molecule has 158 valence electrons. The minimum Gasteiger partial charge on any atom is -0.507 e. The summed E-state index contributed by atoms with van der Waals surface area (Å²) in [6.45, 7) is 1.68. The summed E-state index contributed by atoms with van der Waals surface area (Å²) < 4.78 is 15.6. The Morgan fingerprint density at radius 2 is 1.71 bits per heavy atom. The molecule has 1 aliphatic rings. The fourth-order valence-corrected chi connectivity index (χ4v) is 3.59. The topological polar surface area (TPSA) is 102 Å². The van der Waals surface area contributed by atoms with Gasteiger partial charge in [-0.15, -0.1) is 0 Å². The number of aromatic nitrogens is 1. The van der Waals surface area contributed by atoms with Crippen molar-refractivity contribution < 1.29 is 28.7 Å². The van der Waals surface area contributed by atoms with Crippen molar-refractivity contribution in [1.82, 2.24) is 5.16 Å². The Morgan fingerprint density at radius 3 is 2.35 bits per heavy atom. The van der Waals surface area contributed by atoms with Crippen LogP contribution in [0.25, 0.3) is 5.76 Å². The summed E-state index contributed by atoms with van der Waals surface area (Å²) in [6, 6.07) is 14.2. The van der Waals surface area contributed by atoms with Crippen LogP contribution in [-0.2, 0) is 9.59 Å². The van der Waals surface area contributed by atoms with Crippen molar-refractivity contribution in [2.75, 3.05) is 19.1 Å². The van der Waals surface area contributed by atoms with Crippen molar-refractivity contribution in [3.05, 3.63) is 77.1 Å². The van der Waals surface area contributed by atoms with Crippen LogP contribution in [-0.4, -0.2) is 36.2 Å². The van der Waals surface area contributed by atoms with Gasteiger partial charge in [-0.25, -0.2) is 0 Å². The molecule has 0 radical (unpaired) electrons. The van der Waals surface area contributed by atoms with E-state index in [1.54, 1.807) is 61.5 Å². The summed E-state index contributed by atoms with van der Waals surface area (Å²) in [6.07, 6.45) is 0. The first kappa shape index (κ1) is 20.2. The summed E-state index contributed by atoms with van der Waals surface area (Å²) >= 11 is 0. The molecule has 3 aromatic rings. The predicted octanol–water partition coefficient (Wildman–Crippen LogP) is 3.63. The van der Waals surface area contributed by atoms with Gasteiger partial charge in [0, 0.05) is 11.6 Å². The van der Waals surface area contributed by atoms with Crippen LogP contribution < -0.4 is 14.4 Å². The number of ether oxygens (including phenoxy) is 2. The van der Waals surface area contributed by atoms with Gasteiger partial charge in [-0.1, -0.05) is 29.4 Å². The van der Waals surface area contributed by atoms with Crippen molar-refractivity contribution >= 4 is 23.3 Å². The lowest BCUT2D eigenvalue weighted by molar-refractivity contribution is -0.132. The molecule has 1 atom stereocenters. The molecular formula is C23H20N2O6. The second-order valence-corrected chi connectivity index (χ2v) is 6.97. The molecule has 1 amide bonds. The minimum absolute atomic E-state index is 0.0628. The van der Waals surface area contributed by atoms with Gasteiger partial charge in [-0.3, -0.25) is 14.5 Å². The summed E-state index contributed by atoms with van der Waals surface area (Å²) in [5.41, 5.74) is 0.859. The molecule has 0 aliphatic carbocycles. The van der Waals surface area contributed by atoms with E-state index in [0.717, 1.165) is 0 Å². The number of carbonyl (C=O) groups excluding carboxylic acids is 2. The number of nitrogens with zero attached hydrogens (tertiary/aromatic N) is 2. The highest BCUT2D eigenvalue weighted by Gasteiger charge is 2.48. The Bertz CT molecular complexity index is 1200. The highest BCUT2D eigenvalue weighted by atomic mass is 16.5. The molecule has 4 rings (SSSR count). The molecule has 1 saturated heterocycles. The van der Waals surface area contributed by atoms with Gasteiger partial charge >= 0.3 is 5.91 Å². The van der Waals surface area contributed by atoms with Gasteiger partial charge in [0.2, 0.25) is 0 Å². The number of hydrogen-bond acceptors (Lipinski definition) is 7. The molecule has 0 saturated carbocycles. The lowest BCUT2D eigenvalue weighted by atomic mass is 9.95. The van der Waals surface area contributed by atoms with E-state index in [4.69, 9.17) is 14.0 Å². The van der Waals surface area contributed by atoms with Crippen molar-refractivity contribution in [1.29, 1.82) is 0 Å². The van der Waals surface area contributed by atoms with Crippen molar-refractivity contribution in [2.24, 2.45) is 0 Å². The first-order valence-electron chi connectivity index (χ1n) is 9.47. The molecule has 8 nitrogen and oxygen atoms in total. The number of amides is 1. The van der Waals surface area contributed by atoms with E-state index in [1.807, 2.05) is 0 Å². The van der Waals surface area contributed by atoms with E-state index in [0.29, 0.717) is 28.4 Å². The summed E-state index contributed by atoms with van der Waals surface area (Å²) in [4.78, 5) is 27.3. The van der Waals surface area contributed by atoms with Crippen LogP contribution in [0, 0.1) is 6.92 Å². The minimum atomic E-state index is -0.925. The molecule has 0 spiro atoms. The molecule has 0 bridgehead atoms. The Labute approximate surface area is 178 Å². The Hall–Kier alpha value is -4.07. The van der Waals surface area contributed by atoms with Crippen LogP contribution in [0.15, 0.2) is 64.7 Å². The first-order valence-corrected chi connectivity index (χ1v) is 9.47. The summed E-state index contributed by atoms with van der Waals surface area (Å²) in [5, 5.41) is 15.0. The van der Waals surface area contributed by atoms with Gasteiger partial charge < -0.3 is 19.1 Å². The van der Waals surface area contributed by atoms with Gasteiger partial charge in [0.25, 0.3) is 5.78 Å². The molecule has 1 fully saturated rings. The summed E-state index contributed by atoms with van der Waals surface area (Å²) in [5.74, 6) is -0.248. The van der Waals surface area contributed by atoms with Gasteiger partial charge in [-0.2, -0.15) is 0 Å². The Morgan fingerprint density at radius 1 is 1.03 bits per heavy atom. The molecule has 31 heavy (non-hydrogen) atoms. The zero-order chi connectivity index (χ0) is 22.1. The average molecular weight is 420 g/mol. The Kier molecular flexibility index (Phi) is 5.21. The number of aryl methyl sites for hydroxylation is 1. The number of aliphatic hydroxyl groups is 1. The van der Waals surface area contributed by atoms with Crippen LogP contribution in [0.2, 0.25) is 0 Å². The van der Waals surface area contributed by atoms with Gasteiger partial charge in [0.05, 0.1) is 25.8 Å². The summed E-state index contributed by atoms with van der Waals surface area (Å²) in [7, 11) is 3.02. The van der Waals surface area contributed by atoms with Crippen LogP contribution in [0.3, 0.4) is 0 Å². The molecule has 8 heteroatoms. The highest BCUT2D eigenvalue weighted by Crippen LogP contribution is 2.42. The molecule has 1 unspecified atom stereocenters. The second-order valence-electron chi connectivity index (χ2n) is 6.97. The van der Waals surface area contributed by atoms with Crippen molar-refractivity contribution in [3.63, 3.8) is 0 Å². The van der Waals surface area contributed by atoms with Crippen molar-refractivity contribution in [3.8, 4) is 11.5 Å². The largest absolute Gasteiger partial charge is 0.507 e. The number of aliphatic hydroxyl groups excluding tert-OH is 1. The van der Waals surface area contributed by atoms with Crippen molar-refractivity contribution in [2.45, 2.75) is 13.0 Å². The number of anilines is 1. The monoisotopic (exact) mass is 420 g/mol. The van der Waals surface area contributed by atoms with E-state index in [9.17, 15) is 14.7 Å². The normalized spacial score (nSPS) is 17.8. The van der Waals surface area contributed by atoms with E-state index in [1.165, 1.54) is 19.1 Å². The molecule has 1 aromatic heterocycles. The van der Waals surface area contributed by atoms with Gasteiger partial charge in [0.15, 0.2) is 5.82 Å². The van der Waals surface area contributed by atoms with E-state index >= 15 is 0 Å². The lowest BCUT2D eigenvalue weighted by Crippen LogP contribution is -2.29. The smallest absolute Gasteiger partial charge is 0.301 e. The fraction of sp³-hybridized carbons (Fsp3) is 0.174. The number of ketones is 1. The van der Waals surface area contributed by atoms with E-state index in [2.05, 4.69) is 5.16 Å². The van der Waals surface area contributed by atoms with E-state index < -0.39 is 17.7 Å². The number of hydrogen-bond donors (Lipinski definition) is 1. The Balaban J connectivity index is 1.95. The highest BCUT2D eigenvalue weighted by molar-refractivity contribution is 6.51. The van der Waals surface area contributed by atoms with Gasteiger partial charge in [-0.05, 0) is 36.8 Å². The molecular weight excluding hydrogens is 400 g/mol. The van der Waals surface area contributed by atoms with Crippen LogP contribution >= 0.6 is 0 Å². The fourth-order valence-electron chi connectivity index (χ4n) is 3.59. The molecule has 2 aromatic carbocycles. The maximum atomic E-state index is 13.1. The van der Waals surface area contributed by atoms with Crippen LogP contribution in [0.1, 0.15) is 22.9 Å². The third-order valence-corrected chi connectivity index (χ3v) is 5.06. The standard InChI is InChI=1S/C23H20N2O6/c1-13-10-18(24-31-13)25-20(14-6-4-8-16(11-14)29-2)19(22(27)23(25)28)21(26)15-7-5-9-17(12-15)30-3/h4-12,20,26H,1-3H3. The number of carbonyl (C=O) groups is 2. The average Bonchev–Trinajstić information content (AvgIpc) is 3.34. The number of Topliss-reactive ketones (excluding diaryl/α,β-unsaturated/α-hetero) is 1. The predicted molar refractivity (Wildman–Crippen MR) is 112 cm³/mol.